The van der Waals surface area contributed by atoms with Crippen LogP contribution in [0.2, 0.25) is 0 Å². The molecule has 0 amide bonds. The van der Waals surface area contributed by atoms with Crippen LogP contribution < -0.4 is 5.32 Å². The Morgan fingerprint density at radius 2 is 1.55 bits per heavy atom. The minimum Gasteiger partial charge on any atom is -0.379 e. The zero-order chi connectivity index (χ0) is 8.27. The normalized spacial score (nSPS) is 33.0. The van der Waals surface area contributed by atoms with E-state index in [9.17, 15) is 0 Å². The van der Waals surface area contributed by atoms with Gasteiger partial charge in [-0.05, 0) is 19.9 Å². The van der Waals surface area contributed by atoms with Crippen molar-refractivity contribution in [3.63, 3.8) is 0 Å². The van der Waals surface area contributed by atoms with Crippen LogP contribution in [0.3, 0.4) is 0 Å². The molecule has 1 N–H and O–H groups in total. The Morgan fingerprint density at radius 1 is 1.09 bits per heavy atom. The summed E-state index contributed by atoms with van der Waals surface area (Å²) in [6, 6.07) is 0.560. The number of hydrogen-bond acceptors (Lipinski definition) is 3. The van der Waals surface area contributed by atoms with Crippen LogP contribution in [0.15, 0.2) is 0 Å². The third kappa shape index (κ3) is 1.92. The molecular weight excluding hydrogens is 142 g/mol. The summed E-state index contributed by atoms with van der Waals surface area (Å²) in [5.74, 6) is 0. The molecule has 3 heteroatoms. The Balaban J connectivity index is 2.41. The van der Waals surface area contributed by atoms with Crippen molar-refractivity contribution in [2.75, 3.05) is 21.3 Å². The first kappa shape index (κ1) is 8.97. The standard InChI is InChI=1S/C8H17NO2/c1-9-6-4-7(10-2)8(5-6)11-3/h6-9H,4-5H2,1-3H3/t7-,8-/m0/s1. The lowest BCUT2D eigenvalue weighted by atomic mass is 10.2. The summed E-state index contributed by atoms with van der Waals surface area (Å²) in [5, 5.41) is 3.23. The molecule has 0 saturated heterocycles. The number of methoxy groups -OCH3 is 2. The minimum absolute atomic E-state index is 0.275. The Kier molecular flexibility index (Phi) is 3.30. The summed E-state index contributed by atoms with van der Waals surface area (Å²) in [6.07, 6.45) is 2.67. The van der Waals surface area contributed by atoms with Gasteiger partial charge in [-0.3, -0.25) is 0 Å². The molecule has 0 spiro atoms. The van der Waals surface area contributed by atoms with Gasteiger partial charge in [0.1, 0.15) is 0 Å². The summed E-state index contributed by atoms with van der Waals surface area (Å²) in [6.45, 7) is 0. The Labute approximate surface area is 68.1 Å². The highest BCUT2D eigenvalue weighted by molar-refractivity contribution is 4.88. The monoisotopic (exact) mass is 159 g/mol. The Hall–Kier alpha value is -0.120. The van der Waals surface area contributed by atoms with Gasteiger partial charge < -0.3 is 14.8 Å². The molecule has 0 aromatic carbocycles. The first-order valence-corrected chi connectivity index (χ1v) is 4.04. The first-order chi connectivity index (χ1) is 5.31. The molecular formula is C8H17NO2. The fourth-order valence-electron chi connectivity index (χ4n) is 1.69. The molecule has 1 aliphatic carbocycles. The molecule has 0 aromatic heterocycles. The minimum atomic E-state index is 0.275. The third-order valence-corrected chi connectivity index (χ3v) is 2.46. The average Bonchev–Trinajstić information content (AvgIpc) is 2.46. The molecule has 0 heterocycles. The summed E-state index contributed by atoms with van der Waals surface area (Å²) in [4.78, 5) is 0. The number of nitrogens with one attached hydrogen (secondary N) is 1. The number of hydrogen-bond donors (Lipinski definition) is 1. The fraction of sp³-hybridized carbons (Fsp3) is 1.00. The largest absolute Gasteiger partial charge is 0.379 e. The van der Waals surface area contributed by atoms with Gasteiger partial charge in [0.15, 0.2) is 0 Å². The van der Waals surface area contributed by atoms with Gasteiger partial charge in [0.25, 0.3) is 0 Å². The lowest BCUT2D eigenvalue weighted by molar-refractivity contribution is -0.0157. The van der Waals surface area contributed by atoms with Crippen LogP contribution in [0.4, 0.5) is 0 Å². The van der Waals surface area contributed by atoms with E-state index in [1.54, 1.807) is 14.2 Å². The molecule has 0 aromatic rings. The van der Waals surface area contributed by atoms with E-state index in [-0.39, 0.29) is 12.2 Å². The van der Waals surface area contributed by atoms with Crippen molar-refractivity contribution < 1.29 is 9.47 Å². The SMILES string of the molecule is CNC1C[C@H](OC)[C@@H](OC)C1. The van der Waals surface area contributed by atoms with Gasteiger partial charge >= 0.3 is 0 Å². The van der Waals surface area contributed by atoms with Crippen molar-refractivity contribution in [3.05, 3.63) is 0 Å². The predicted molar refractivity (Wildman–Crippen MR) is 43.7 cm³/mol. The second kappa shape index (κ2) is 4.04. The first-order valence-electron chi connectivity index (χ1n) is 4.04. The molecule has 0 bridgehead atoms. The lowest BCUT2D eigenvalue weighted by Gasteiger charge is -2.15. The maximum Gasteiger partial charge on any atom is 0.0848 e. The fourth-order valence-corrected chi connectivity index (χ4v) is 1.69. The van der Waals surface area contributed by atoms with Crippen LogP contribution >= 0.6 is 0 Å². The molecule has 1 rings (SSSR count). The summed E-state index contributed by atoms with van der Waals surface area (Å²) in [7, 11) is 5.47. The van der Waals surface area contributed by atoms with Gasteiger partial charge in [0, 0.05) is 20.3 Å². The highest BCUT2D eigenvalue weighted by Gasteiger charge is 2.33. The highest BCUT2D eigenvalue weighted by atomic mass is 16.5. The van der Waals surface area contributed by atoms with E-state index in [0.29, 0.717) is 6.04 Å². The van der Waals surface area contributed by atoms with Crippen molar-refractivity contribution in [1.29, 1.82) is 0 Å². The van der Waals surface area contributed by atoms with E-state index in [4.69, 9.17) is 9.47 Å². The van der Waals surface area contributed by atoms with Crippen molar-refractivity contribution in [2.24, 2.45) is 0 Å². The van der Waals surface area contributed by atoms with E-state index in [1.165, 1.54) is 0 Å². The lowest BCUT2D eigenvalue weighted by Crippen LogP contribution is -2.23. The smallest absolute Gasteiger partial charge is 0.0848 e. The summed E-state index contributed by atoms with van der Waals surface area (Å²) >= 11 is 0. The van der Waals surface area contributed by atoms with E-state index in [2.05, 4.69) is 5.32 Å². The number of ether oxygens (including phenoxy) is 2. The van der Waals surface area contributed by atoms with Crippen LogP contribution in [-0.4, -0.2) is 39.5 Å². The molecule has 11 heavy (non-hydrogen) atoms. The maximum atomic E-state index is 5.28. The van der Waals surface area contributed by atoms with Crippen molar-refractivity contribution in [1.82, 2.24) is 5.32 Å². The average molecular weight is 159 g/mol. The van der Waals surface area contributed by atoms with Crippen LogP contribution in [0.1, 0.15) is 12.8 Å². The Morgan fingerprint density at radius 3 is 1.82 bits per heavy atom. The molecule has 1 fully saturated rings. The molecule has 2 atom stereocenters. The molecule has 0 unspecified atom stereocenters. The summed E-state index contributed by atoms with van der Waals surface area (Å²) in [5.41, 5.74) is 0. The van der Waals surface area contributed by atoms with Crippen molar-refractivity contribution >= 4 is 0 Å². The number of rotatable bonds is 3. The van der Waals surface area contributed by atoms with Crippen LogP contribution in [0, 0.1) is 0 Å². The van der Waals surface area contributed by atoms with Gasteiger partial charge in [0.05, 0.1) is 12.2 Å². The maximum absolute atomic E-state index is 5.28. The Bertz CT molecular complexity index is 107. The molecule has 3 nitrogen and oxygen atoms in total. The van der Waals surface area contributed by atoms with E-state index >= 15 is 0 Å². The van der Waals surface area contributed by atoms with Crippen LogP contribution in [0.5, 0.6) is 0 Å². The van der Waals surface area contributed by atoms with Gasteiger partial charge in [-0.25, -0.2) is 0 Å². The van der Waals surface area contributed by atoms with Gasteiger partial charge in [-0.1, -0.05) is 0 Å². The van der Waals surface area contributed by atoms with Gasteiger partial charge in [-0.2, -0.15) is 0 Å². The van der Waals surface area contributed by atoms with Crippen molar-refractivity contribution in [2.45, 2.75) is 31.1 Å². The van der Waals surface area contributed by atoms with Gasteiger partial charge in [0.2, 0.25) is 0 Å². The quantitative estimate of drug-likeness (QED) is 0.646. The zero-order valence-electron chi connectivity index (χ0n) is 7.46. The van der Waals surface area contributed by atoms with E-state index < -0.39 is 0 Å². The molecule has 1 saturated carbocycles. The van der Waals surface area contributed by atoms with Gasteiger partial charge in [-0.15, -0.1) is 0 Å². The van der Waals surface area contributed by atoms with Crippen molar-refractivity contribution in [3.8, 4) is 0 Å². The molecule has 0 radical (unpaired) electrons. The van der Waals surface area contributed by atoms with Crippen LogP contribution in [-0.2, 0) is 9.47 Å². The van der Waals surface area contributed by atoms with E-state index in [0.717, 1.165) is 12.8 Å². The van der Waals surface area contributed by atoms with E-state index in [1.807, 2.05) is 7.05 Å². The molecule has 66 valence electrons. The zero-order valence-corrected chi connectivity index (χ0v) is 7.46. The van der Waals surface area contributed by atoms with Crippen LogP contribution in [0.25, 0.3) is 0 Å². The topological polar surface area (TPSA) is 30.5 Å². The predicted octanol–water partition coefficient (Wildman–Crippen LogP) is 0.398. The second-order valence-corrected chi connectivity index (χ2v) is 3.01. The molecule has 1 aliphatic rings. The highest BCUT2D eigenvalue weighted by Crippen LogP contribution is 2.24. The third-order valence-electron chi connectivity index (χ3n) is 2.46. The molecule has 0 aliphatic heterocycles. The summed E-state index contributed by atoms with van der Waals surface area (Å²) < 4.78 is 10.6. The second-order valence-electron chi connectivity index (χ2n) is 3.01.